The van der Waals surface area contributed by atoms with Gasteiger partial charge in [-0.25, -0.2) is 4.98 Å². The highest BCUT2D eigenvalue weighted by Crippen LogP contribution is 2.49. The van der Waals surface area contributed by atoms with Gasteiger partial charge in [-0.2, -0.15) is 0 Å². The van der Waals surface area contributed by atoms with E-state index in [4.69, 9.17) is 4.74 Å². The van der Waals surface area contributed by atoms with E-state index in [1.807, 2.05) is 37.4 Å². The number of esters is 1. The van der Waals surface area contributed by atoms with Crippen molar-refractivity contribution in [3.63, 3.8) is 0 Å². The zero-order valence-electron chi connectivity index (χ0n) is 17.3. The number of rotatable bonds is 6. The molecule has 2 fully saturated rings. The molecule has 29 heavy (non-hydrogen) atoms. The summed E-state index contributed by atoms with van der Waals surface area (Å²) in [5, 5.41) is 2.47. The Kier molecular flexibility index (Phi) is 5.72. The lowest BCUT2D eigenvalue weighted by molar-refractivity contribution is -0.146. The lowest BCUT2D eigenvalue weighted by Crippen LogP contribution is -2.24. The van der Waals surface area contributed by atoms with Gasteiger partial charge in [0.2, 0.25) is 5.91 Å². The van der Waals surface area contributed by atoms with E-state index < -0.39 is 0 Å². The average Bonchev–Trinajstić information content (AvgIpc) is 3.40. The summed E-state index contributed by atoms with van der Waals surface area (Å²) >= 11 is 1.40. The molecule has 0 radical (unpaired) electrons. The van der Waals surface area contributed by atoms with Gasteiger partial charge in [-0.05, 0) is 62.0 Å². The zero-order chi connectivity index (χ0) is 20.5. The van der Waals surface area contributed by atoms with Gasteiger partial charge in [-0.1, -0.05) is 24.6 Å². The summed E-state index contributed by atoms with van der Waals surface area (Å²) in [5.74, 6) is 1.84. The van der Waals surface area contributed by atoms with Crippen LogP contribution in [0.15, 0.2) is 23.6 Å². The molecule has 2 aliphatic carbocycles. The van der Waals surface area contributed by atoms with Crippen molar-refractivity contribution in [2.24, 2.45) is 17.8 Å². The Morgan fingerprint density at radius 1 is 1.21 bits per heavy atom. The van der Waals surface area contributed by atoms with Crippen LogP contribution in [0.2, 0.25) is 0 Å². The number of benzene rings is 1. The molecule has 1 aromatic carbocycles. The van der Waals surface area contributed by atoms with Crippen molar-refractivity contribution in [3.05, 3.63) is 40.4 Å². The van der Waals surface area contributed by atoms with Gasteiger partial charge in [0, 0.05) is 18.7 Å². The molecule has 154 valence electrons. The number of nitrogens with zero attached hydrogens (tertiary/aromatic N) is 2. The molecular weight excluding hydrogens is 384 g/mol. The summed E-state index contributed by atoms with van der Waals surface area (Å²) in [6.07, 6.45) is 5.62. The molecule has 5 nitrogen and oxygen atoms in total. The van der Waals surface area contributed by atoms with E-state index in [2.05, 4.69) is 4.98 Å². The Bertz CT molecular complexity index is 902. The van der Waals surface area contributed by atoms with Crippen LogP contribution in [0.4, 0.5) is 10.8 Å². The number of hydrogen-bond acceptors (Lipinski definition) is 5. The molecule has 0 unspecified atom stereocenters. The van der Waals surface area contributed by atoms with Crippen molar-refractivity contribution in [1.82, 2.24) is 4.98 Å². The van der Waals surface area contributed by atoms with Crippen molar-refractivity contribution in [1.29, 1.82) is 0 Å². The molecule has 0 aliphatic heterocycles. The molecule has 1 heterocycles. The molecule has 0 saturated heterocycles. The fraction of sp³-hybridized carbons (Fsp3) is 0.522. The van der Waals surface area contributed by atoms with Gasteiger partial charge >= 0.3 is 5.97 Å². The van der Waals surface area contributed by atoms with Gasteiger partial charge < -0.3 is 4.74 Å². The second-order valence-corrected chi connectivity index (χ2v) is 9.35. The smallest absolute Gasteiger partial charge is 0.306 e. The molecule has 4 rings (SSSR count). The molecule has 1 aromatic heterocycles. The first kappa shape index (κ1) is 20.1. The van der Waals surface area contributed by atoms with Crippen molar-refractivity contribution in [2.75, 3.05) is 4.90 Å². The van der Waals surface area contributed by atoms with Gasteiger partial charge in [0.15, 0.2) is 5.13 Å². The second-order valence-electron chi connectivity index (χ2n) is 8.52. The van der Waals surface area contributed by atoms with E-state index >= 15 is 0 Å². The van der Waals surface area contributed by atoms with Crippen molar-refractivity contribution in [3.8, 4) is 0 Å². The summed E-state index contributed by atoms with van der Waals surface area (Å²) in [6.45, 7) is 5.69. The first-order valence-corrected chi connectivity index (χ1v) is 11.3. The SMILES string of the molecule is CC(=O)N(c1nc(COC(=O)C[C@H]2C[C@H]3CC[C@@H]2C3)cs1)c1c(C)cccc1C. The number of carbonyl (C=O) groups is 2. The number of anilines is 2. The maximum atomic E-state index is 12.4. The number of para-hydroxylation sites is 1. The van der Waals surface area contributed by atoms with E-state index in [1.165, 1.54) is 37.0 Å². The number of thiazole rings is 1. The molecule has 1 amide bonds. The quantitative estimate of drug-likeness (QED) is 0.603. The maximum absolute atomic E-state index is 12.4. The van der Waals surface area contributed by atoms with Crippen molar-refractivity contribution in [2.45, 2.75) is 59.5 Å². The highest BCUT2D eigenvalue weighted by molar-refractivity contribution is 7.14. The van der Waals surface area contributed by atoms with Gasteiger partial charge in [0.1, 0.15) is 6.61 Å². The number of amides is 1. The monoisotopic (exact) mass is 412 g/mol. The lowest BCUT2D eigenvalue weighted by atomic mass is 9.86. The number of fused-ring (bicyclic) bond motifs is 2. The van der Waals surface area contributed by atoms with Gasteiger partial charge in [-0.3, -0.25) is 14.5 Å². The van der Waals surface area contributed by atoms with Gasteiger partial charge in [0.05, 0.1) is 11.4 Å². The summed E-state index contributed by atoms with van der Waals surface area (Å²) in [4.78, 5) is 30.9. The molecule has 2 aliphatic rings. The minimum absolute atomic E-state index is 0.0865. The maximum Gasteiger partial charge on any atom is 0.306 e. The fourth-order valence-electron chi connectivity index (χ4n) is 5.07. The van der Waals surface area contributed by atoms with Crippen LogP contribution in [0.3, 0.4) is 0 Å². The van der Waals surface area contributed by atoms with E-state index in [0.717, 1.165) is 28.7 Å². The van der Waals surface area contributed by atoms with Crippen LogP contribution in [0, 0.1) is 31.6 Å². The normalized spacial score (nSPS) is 22.7. The van der Waals surface area contributed by atoms with E-state index in [1.54, 1.807) is 11.8 Å². The Hall–Kier alpha value is -2.21. The third-order valence-corrected chi connectivity index (χ3v) is 7.28. The number of aryl methyl sites for hydroxylation is 2. The van der Waals surface area contributed by atoms with E-state index in [-0.39, 0.29) is 18.5 Å². The average molecular weight is 413 g/mol. The summed E-state index contributed by atoms with van der Waals surface area (Å²) in [7, 11) is 0. The zero-order valence-corrected chi connectivity index (χ0v) is 18.1. The second kappa shape index (κ2) is 8.27. The molecule has 3 atom stereocenters. The minimum Gasteiger partial charge on any atom is -0.459 e. The standard InChI is InChI=1S/C23H28N2O3S/c1-14-5-4-6-15(2)22(14)25(16(3)26)23-24-20(13-29-23)12-28-21(27)11-19-10-17-7-8-18(19)9-17/h4-6,13,17-19H,7-12H2,1-3H3/t17-,18+,19+/m0/s1. The van der Waals surface area contributed by atoms with E-state index in [0.29, 0.717) is 23.2 Å². The van der Waals surface area contributed by atoms with Crippen molar-refractivity contribution >= 4 is 34.0 Å². The highest BCUT2D eigenvalue weighted by atomic mass is 32.1. The molecule has 0 spiro atoms. The first-order valence-electron chi connectivity index (χ1n) is 10.4. The lowest BCUT2D eigenvalue weighted by Gasteiger charge is -2.22. The summed E-state index contributed by atoms with van der Waals surface area (Å²) < 4.78 is 5.51. The Labute approximate surface area is 176 Å². The predicted octanol–water partition coefficient (Wildman–Crippen LogP) is 5.31. The van der Waals surface area contributed by atoms with Crippen LogP contribution < -0.4 is 4.90 Å². The third kappa shape index (κ3) is 4.22. The molecule has 2 saturated carbocycles. The Morgan fingerprint density at radius 2 is 1.97 bits per heavy atom. The number of ether oxygens (including phenoxy) is 1. The van der Waals surface area contributed by atoms with Crippen LogP contribution in [-0.2, 0) is 20.9 Å². The first-order chi connectivity index (χ1) is 13.9. The highest BCUT2D eigenvalue weighted by Gasteiger charge is 2.40. The number of carbonyl (C=O) groups excluding carboxylic acids is 2. The van der Waals surface area contributed by atoms with Crippen LogP contribution in [-0.4, -0.2) is 16.9 Å². The molecule has 6 heteroatoms. The van der Waals surface area contributed by atoms with Crippen LogP contribution >= 0.6 is 11.3 Å². The van der Waals surface area contributed by atoms with Crippen LogP contribution in [0.1, 0.15) is 55.8 Å². The number of aromatic nitrogens is 1. The summed E-state index contributed by atoms with van der Waals surface area (Å²) in [6, 6.07) is 5.96. The number of hydrogen-bond donors (Lipinski definition) is 0. The summed E-state index contributed by atoms with van der Waals surface area (Å²) in [5.41, 5.74) is 3.60. The topological polar surface area (TPSA) is 59.5 Å². The van der Waals surface area contributed by atoms with E-state index in [9.17, 15) is 9.59 Å². The molecular formula is C23H28N2O3S. The van der Waals surface area contributed by atoms with Crippen LogP contribution in [0.5, 0.6) is 0 Å². The Balaban J connectivity index is 1.40. The van der Waals surface area contributed by atoms with Crippen LogP contribution in [0.25, 0.3) is 0 Å². The largest absolute Gasteiger partial charge is 0.459 e. The predicted molar refractivity (Wildman–Crippen MR) is 114 cm³/mol. The molecule has 2 aromatic rings. The van der Waals surface area contributed by atoms with Gasteiger partial charge in [-0.15, -0.1) is 11.3 Å². The fourth-order valence-corrected chi connectivity index (χ4v) is 5.92. The third-order valence-electron chi connectivity index (χ3n) is 6.40. The van der Waals surface area contributed by atoms with Crippen molar-refractivity contribution < 1.29 is 14.3 Å². The molecule has 2 bridgehead atoms. The minimum atomic E-state index is -0.129. The molecule has 0 N–H and O–H groups in total. The Morgan fingerprint density at radius 3 is 2.59 bits per heavy atom. The van der Waals surface area contributed by atoms with Gasteiger partial charge in [0.25, 0.3) is 0 Å².